The molecule has 6 aliphatic rings. The van der Waals surface area contributed by atoms with Crippen molar-refractivity contribution in [2.45, 2.75) is 126 Å². The lowest BCUT2D eigenvalue weighted by atomic mass is 9.59. The number of anilines is 2. The van der Waals surface area contributed by atoms with Crippen molar-refractivity contribution in [3.05, 3.63) is 99.7 Å². The zero-order chi connectivity index (χ0) is 51.4. The number of ether oxygens (including phenoxy) is 4. The number of nitro benzene ring substituents is 1. The number of benzene rings is 3. The first kappa shape index (κ1) is 50.2. The molecule has 1 amide bonds. The fraction of sp³-hybridized carbons (Fsp3) is 0.527. The molecule has 2 saturated carbocycles. The van der Waals surface area contributed by atoms with E-state index in [1.807, 2.05) is 19.1 Å². The van der Waals surface area contributed by atoms with E-state index in [2.05, 4.69) is 68.3 Å². The summed E-state index contributed by atoms with van der Waals surface area (Å²) in [4.78, 5) is 38.8. The first-order valence-electron chi connectivity index (χ1n) is 26.5. The molecule has 4 aliphatic heterocycles. The van der Waals surface area contributed by atoms with E-state index in [4.69, 9.17) is 23.9 Å². The number of nitrogens with one attached hydrogen (secondary N) is 4. The highest BCUT2D eigenvalue weighted by Gasteiger charge is 2.50. The number of sulfonamides is 1. The van der Waals surface area contributed by atoms with Crippen LogP contribution in [0.15, 0.2) is 77.8 Å². The first-order valence-corrected chi connectivity index (χ1v) is 27.9. The van der Waals surface area contributed by atoms with Gasteiger partial charge in [-0.3, -0.25) is 19.8 Å². The van der Waals surface area contributed by atoms with Crippen molar-refractivity contribution in [2.75, 3.05) is 62.8 Å². The van der Waals surface area contributed by atoms with E-state index < -0.39 is 37.0 Å². The number of aromatic amines is 1. The van der Waals surface area contributed by atoms with Gasteiger partial charge in [0.05, 0.1) is 46.3 Å². The number of hydrogen-bond acceptors (Lipinski definition) is 15. The highest BCUT2D eigenvalue weighted by atomic mass is 32.2. The van der Waals surface area contributed by atoms with Gasteiger partial charge in [0.15, 0.2) is 17.2 Å². The fourth-order valence-electron chi connectivity index (χ4n) is 12.5. The second-order valence-electron chi connectivity index (χ2n) is 22.2. The molecule has 1 spiro atoms. The number of likely N-dealkylation sites (tertiary alicyclic amines) is 1. The number of fused-ring (bicyclic) bond motifs is 2. The molecule has 6 heterocycles. The Morgan fingerprint density at radius 1 is 1.00 bits per heavy atom. The third-order valence-electron chi connectivity index (χ3n) is 16.8. The van der Waals surface area contributed by atoms with E-state index in [0.717, 1.165) is 49.6 Å². The van der Waals surface area contributed by atoms with E-state index in [-0.39, 0.29) is 71.0 Å². The van der Waals surface area contributed by atoms with Crippen LogP contribution in [0.2, 0.25) is 0 Å². The molecule has 3 atom stereocenters. The Morgan fingerprint density at radius 2 is 1.80 bits per heavy atom. The average molecular weight is 1030 g/mol. The molecular weight excluding hydrogens is 965 g/mol. The van der Waals surface area contributed by atoms with Gasteiger partial charge >= 0.3 is 0 Å². The van der Waals surface area contributed by atoms with Gasteiger partial charge < -0.3 is 44.6 Å². The lowest BCUT2D eigenvalue weighted by Gasteiger charge is -2.56. The maximum Gasteiger partial charge on any atom is 0.297 e. The summed E-state index contributed by atoms with van der Waals surface area (Å²) >= 11 is 0. The van der Waals surface area contributed by atoms with Crippen molar-refractivity contribution in [3.8, 4) is 23.1 Å². The zero-order valence-corrected chi connectivity index (χ0v) is 43.3. The molecule has 5 aromatic rings. The number of amides is 1. The standard InChI is InChI=1S/C55H68N8O10S/c1-34(2)41-7-4-5-8-42(41)45-9-6-21-62(45)39-29-55(30-39)17-22-61(23-18-55)38-10-11-43(47(26-38)73-49-25-36-14-19-57-51(36)59-53(49)72-32-37-31-70-24-20-56-37)52(64)60-74(68,69)40-27-46(63(66)67)50-48(28-40)71-33-44(58-50)35-12-15-54(3,65)16-13-35/h4-5,7-8,10-11,14,19,25-28,34-35,37,39,44-45,56,58,65H,6,9,12-13,15-18,20-24,29-33H2,1-3H3,(H,57,59)(H,60,64)/t35-,37-,44-,45-,54-/m1/s1. The molecule has 394 valence electrons. The minimum Gasteiger partial charge on any atom is -0.489 e. The summed E-state index contributed by atoms with van der Waals surface area (Å²) in [5.74, 6) is -0.00159. The average Bonchev–Trinajstić information content (AvgIpc) is 4.07. The second kappa shape index (κ2) is 20.3. The summed E-state index contributed by atoms with van der Waals surface area (Å²) in [5, 5.41) is 30.4. The van der Waals surface area contributed by atoms with E-state index >= 15 is 0 Å². The Bertz CT molecular complexity index is 3000. The number of H-pyrrole nitrogens is 1. The first-order chi connectivity index (χ1) is 35.6. The lowest BCUT2D eigenvalue weighted by Crippen LogP contribution is -2.54. The van der Waals surface area contributed by atoms with Crippen LogP contribution < -0.4 is 34.5 Å². The number of carbonyl (C=O) groups excluding carboxylic acids is 1. The predicted molar refractivity (Wildman–Crippen MR) is 280 cm³/mol. The van der Waals surface area contributed by atoms with Gasteiger partial charge in [0.2, 0.25) is 0 Å². The van der Waals surface area contributed by atoms with Gasteiger partial charge in [0, 0.05) is 67.2 Å². The molecule has 5 fully saturated rings. The van der Waals surface area contributed by atoms with Crippen molar-refractivity contribution in [1.29, 1.82) is 0 Å². The van der Waals surface area contributed by atoms with Crippen LogP contribution in [-0.4, -0.2) is 116 Å². The smallest absolute Gasteiger partial charge is 0.297 e. The molecule has 5 N–H and O–H groups in total. The number of morpholine rings is 1. The SMILES string of the molecule is CC(C)c1ccccc1[C@H]1CCCN1C1CC2(CCN(c3ccc(C(=O)NS(=O)(=O)c4cc5c(c([N+](=O)[O-])c4)N[C@@H]([C@H]4CC[C@](C)(O)CC4)CO5)c(Oc4cc5cc[nH]c5nc4OC[C@H]4COCCN4)c3)CC2)C1. The van der Waals surface area contributed by atoms with Crippen LogP contribution in [0.4, 0.5) is 17.1 Å². The van der Waals surface area contributed by atoms with Gasteiger partial charge in [-0.05, 0) is 130 Å². The number of rotatable bonds is 14. The predicted octanol–water partition coefficient (Wildman–Crippen LogP) is 8.57. The van der Waals surface area contributed by atoms with Gasteiger partial charge in [-0.2, -0.15) is 4.98 Å². The molecule has 18 nitrogen and oxygen atoms in total. The number of aromatic nitrogens is 2. The van der Waals surface area contributed by atoms with Gasteiger partial charge in [0.25, 0.3) is 27.5 Å². The van der Waals surface area contributed by atoms with Crippen LogP contribution in [0.1, 0.15) is 118 Å². The van der Waals surface area contributed by atoms with Crippen molar-refractivity contribution in [1.82, 2.24) is 24.9 Å². The summed E-state index contributed by atoms with van der Waals surface area (Å²) in [7, 11) is -4.73. The van der Waals surface area contributed by atoms with E-state index in [1.54, 1.807) is 24.4 Å². The second-order valence-corrected chi connectivity index (χ2v) is 23.8. The van der Waals surface area contributed by atoms with Crippen LogP contribution in [0, 0.1) is 21.4 Å². The minimum absolute atomic E-state index is 0.0111. The van der Waals surface area contributed by atoms with Gasteiger partial charge in [-0.15, -0.1) is 0 Å². The highest BCUT2D eigenvalue weighted by molar-refractivity contribution is 7.90. The van der Waals surface area contributed by atoms with Gasteiger partial charge in [-0.25, -0.2) is 13.1 Å². The summed E-state index contributed by atoms with van der Waals surface area (Å²) in [5.41, 5.74) is 3.29. The lowest BCUT2D eigenvalue weighted by molar-refractivity contribution is -0.384. The number of piperidine rings is 1. The van der Waals surface area contributed by atoms with Gasteiger partial charge in [0.1, 0.15) is 24.6 Å². The van der Waals surface area contributed by atoms with Gasteiger partial charge in [-0.1, -0.05) is 38.1 Å². The molecule has 0 radical (unpaired) electrons. The Morgan fingerprint density at radius 3 is 2.55 bits per heavy atom. The number of aliphatic hydroxyl groups is 1. The Hall–Kier alpha value is -5.99. The maximum absolute atomic E-state index is 14.5. The third kappa shape index (κ3) is 10.2. The number of nitrogens with zero attached hydrogens (tertiary/aromatic N) is 4. The van der Waals surface area contributed by atoms with E-state index in [1.165, 1.54) is 42.9 Å². The van der Waals surface area contributed by atoms with Crippen LogP contribution in [0.5, 0.6) is 23.1 Å². The zero-order valence-electron chi connectivity index (χ0n) is 42.4. The van der Waals surface area contributed by atoms with Crippen molar-refractivity contribution < 1.29 is 42.2 Å². The van der Waals surface area contributed by atoms with E-state index in [9.17, 15) is 28.4 Å². The topological polar surface area (TPSA) is 223 Å². The molecule has 11 rings (SSSR count). The molecule has 3 saturated heterocycles. The minimum atomic E-state index is -4.73. The fourth-order valence-corrected chi connectivity index (χ4v) is 13.5. The molecular formula is C55H68N8O10S. The Labute approximate surface area is 432 Å². The van der Waals surface area contributed by atoms with Crippen LogP contribution >= 0.6 is 0 Å². The number of pyridine rings is 1. The molecule has 2 aliphatic carbocycles. The largest absolute Gasteiger partial charge is 0.489 e. The summed E-state index contributed by atoms with van der Waals surface area (Å²) in [6.07, 6.45) is 11.1. The van der Waals surface area contributed by atoms with Crippen molar-refractivity contribution >= 4 is 44.0 Å². The van der Waals surface area contributed by atoms with E-state index in [0.29, 0.717) is 69.1 Å². The summed E-state index contributed by atoms with van der Waals surface area (Å²) in [6.45, 7) is 11.2. The van der Waals surface area contributed by atoms with Crippen LogP contribution in [-0.2, 0) is 14.8 Å². The van der Waals surface area contributed by atoms with Crippen molar-refractivity contribution in [2.24, 2.45) is 11.3 Å². The normalized spacial score (nSPS) is 25.2. The molecule has 74 heavy (non-hydrogen) atoms. The Balaban J connectivity index is 0.843. The highest BCUT2D eigenvalue weighted by Crippen LogP contribution is 2.54. The Kier molecular flexibility index (Phi) is 13.7. The molecule has 3 aromatic carbocycles. The molecule has 2 aromatic heterocycles. The monoisotopic (exact) mass is 1030 g/mol. The third-order valence-corrected chi connectivity index (χ3v) is 18.1. The van der Waals surface area contributed by atoms with Crippen molar-refractivity contribution in [3.63, 3.8) is 0 Å². The maximum atomic E-state index is 14.5. The number of carbonyl (C=O) groups is 1. The molecule has 0 bridgehead atoms. The molecule has 0 unspecified atom stereocenters. The van der Waals surface area contributed by atoms with Crippen LogP contribution in [0.3, 0.4) is 0 Å². The summed E-state index contributed by atoms with van der Waals surface area (Å²) < 4.78 is 55.2. The number of nitro groups is 1. The molecule has 19 heteroatoms. The number of hydrogen-bond donors (Lipinski definition) is 5. The van der Waals surface area contributed by atoms with Crippen LogP contribution in [0.25, 0.3) is 11.0 Å². The summed E-state index contributed by atoms with van der Waals surface area (Å²) in [6, 6.07) is 20.5. The quantitative estimate of drug-likeness (QED) is 0.0519.